The number of esters is 1. The zero-order valence-corrected chi connectivity index (χ0v) is 10.6. The van der Waals surface area contributed by atoms with E-state index in [0.717, 1.165) is 12.1 Å². The number of nitrogens with zero attached hydrogens (tertiary/aromatic N) is 1. The van der Waals surface area contributed by atoms with Crippen molar-refractivity contribution < 1.29 is 23.5 Å². The van der Waals surface area contributed by atoms with E-state index in [9.17, 15) is 18.8 Å². The van der Waals surface area contributed by atoms with Crippen LogP contribution in [-0.4, -0.2) is 30.8 Å². The molecule has 1 rings (SSSR count). The SMILES string of the molecule is CCOC(=O)C(=O)NCC(=O)c1cc(C#N)ccc1F. The van der Waals surface area contributed by atoms with Gasteiger partial charge in [0.1, 0.15) is 5.82 Å². The highest BCUT2D eigenvalue weighted by Crippen LogP contribution is 2.10. The summed E-state index contributed by atoms with van der Waals surface area (Å²) in [6, 6.07) is 5.06. The molecule has 7 heteroatoms. The number of ketones is 1. The van der Waals surface area contributed by atoms with Crippen LogP contribution in [0.2, 0.25) is 0 Å². The molecule has 0 saturated carbocycles. The molecule has 0 atom stereocenters. The Morgan fingerprint density at radius 3 is 2.70 bits per heavy atom. The lowest BCUT2D eigenvalue weighted by molar-refractivity contribution is -0.154. The molecule has 20 heavy (non-hydrogen) atoms. The fraction of sp³-hybridized carbons (Fsp3) is 0.231. The van der Waals surface area contributed by atoms with Gasteiger partial charge in [-0.05, 0) is 25.1 Å². The lowest BCUT2D eigenvalue weighted by atomic mass is 10.1. The number of carbonyl (C=O) groups is 3. The van der Waals surface area contributed by atoms with Gasteiger partial charge in [-0.1, -0.05) is 0 Å². The maximum absolute atomic E-state index is 13.4. The quantitative estimate of drug-likeness (QED) is 0.493. The van der Waals surface area contributed by atoms with Crippen molar-refractivity contribution in [2.75, 3.05) is 13.2 Å². The van der Waals surface area contributed by atoms with Gasteiger partial charge in [0, 0.05) is 0 Å². The first-order valence-corrected chi connectivity index (χ1v) is 5.67. The van der Waals surface area contributed by atoms with Gasteiger partial charge in [-0.25, -0.2) is 9.18 Å². The summed E-state index contributed by atoms with van der Waals surface area (Å²) in [7, 11) is 0. The summed E-state index contributed by atoms with van der Waals surface area (Å²) < 4.78 is 17.8. The third kappa shape index (κ3) is 3.88. The Morgan fingerprint density at radius 1 is 1.40 bits per heavy atom. The van der Waals surface area contributed by atoms with Crippen LogP contribution in [0, 0.1) is 17.1 Å². The number of carbonyl (C=O) groups excluding carboxylic acids is 3. The van der Waals surface area contributed by atoms with Crippen molar-refractivity contribution in [1.29, 1.82) is 5.26 Å². The molecule has 1 aromatic rings. The minimum Gasteiger partial charge on any atom is -0.459 e. The number of benzene rings is 1. The van der Waals surface area contributed by atoms with E-state index >= 15 is 0 Å². The van der Waals surface area contributed by atoms with E-state index in [0.29, 0.717) is 0 Å². The van der Waals surface area contributed by atoms with E-state index in [1.165, 1.54) is 13.0 Å². The van der Waals surface area contributed by atoms with Gasteiger partial charge in [0.05, 0.1) is 30.3 Å². The van der Waals surface area contributed by atoms with Crippen molar-refractivity contribution in [2.24, 2.45) is 0 Å². The molecular weight excluding hydrogens is 267 g/mol. The lowest BCUT2D eigenvalue weighted by Crippen LogP contribution is -2.36. The summed E-state index contributed by atoms with van der Waals surface area (Å²) in [5, 5.41) is 10.7. The smallest absolute Gasteiger partial charge is 0.396 e. The molecular formula is C13H11FN2O4. The van der Waals surface area contributed by atoms with E-state index < -0.39 is 30.0 Å². The Labute approximate surface area is 114 Å². The van der Waals surface area contributed by atoms with Crippen molar-refractivity contribution >= 4 is 17.7 Å². The molecule has 0 unspecified atom stereocenters. The Bertz CT molecular complexity index is 593. The molecule has 1 N–H and O–H groups in total. The van der Waals surface area contributed by atoms with Gasteiger partial charge in [0.2, 0.25) is 0 Å². The molecule has 0 spiro atoms. The van der Waals surface area contributed by atoms with Gasteiger partial charge in [-0.15, -0.1) is 0 Å². The first kappa shape index (κ1) is 15.3. The number of nitrogens with one attached hydrogen (secondary N) is 1. The molecule has 6 nitrogen and oxygen atoms in total. The van der Waals surface area contributed by atoms with Crippen LogP contribution in [0.25, 0.3) is 0 Å². The predicted molar refractivity (Wildman–Crippen MR) is 65.1 cm³/mol. The summed E-state index contributed by atoms with van der Waals surface area (Å²) in [5.41, 5.74) is -0.209. The highest BCUT2D eigenvalue weighted by molar-refractivity contribution is 6.32. The predicted octanol–water partition coefficient (Wildman–Crippen LogP) is 0.559. The van der Waals surface area contributed by atoms with Gasteiger partial charge in [0.15, 0.2) is 5.78 Å². The van der Waals surface area contributed by atoms with E-state index in [2.05, 4.69) is 4.74 Å². The van der Waals surface area contributed by atoms with Crippen molar-refractivity contribution in [3.63, 3.8) is 0 Å². The molecule has 0 aromatic heterocycles. The number of nitriles is 1. The second-order valence-electron chi connectivity index (χ2n) is 3.63. The van der Waals surface area contributed by atoms with Gasteiger partial charge in [-0.2, -0.15) is 5.26 Å². The number of ether oxygens (including phenoxy) is 1. The van der Waals surface area contributed by atoms with Crippen LogP contribution in [-0.2, 0) is 14.3 Å². The van der Waals surface area contributed by atoms with Gasteiger partial charge in [0.25, 0.3) is 0 Å². The standard InChI is InChI=1S/C13H11FN2O4/c1-2-20-13(19)12(18)16-7-11(17)9-5-8(6-15)3-4-10(9)14/h3-5H,2,7H2,1H3,(H,16,18). The Balaban J connectivity index is 2.71. The monoisotopic (exact) mass is 278 g/mol. The van der Waals surface area contributed by atoms with Gasteiger partial charge < -0.3 is 10.1 Å². The maximum atomic E-state index is 13.4. The van der Waals surface area contributed by atoms with Crippen LogP contribution < -0.4 is 5.32 Å². The largest absolute Gasteiger partial charge is 0.459 e. The molecule has 1 amide bonds. The minimum atomic E-state index is -1.12. The van der Waals surface area contributed by atoms with Crippen molar-refractivity contribution in [3.05, 3.63) is 35.1 Å². The molecule has 0 bridgehead atoms. The average molecular weight is 278 g/mol. The number of rotatable bonds is 4. The lowest BCUT2D eigenvalue weighted by Gasteiger charge is -2.05. The first-order chi connectivity index (χ1) is 9.49. The van der Waals surface area contributed by atoms with Crippen molar-refractivity contribution in [1.82, 2.24) is 5.32 Å². The Morgan fingerprint density at radius 2 is 2.10 bits per heavy atom. The number of amides is 1. The molecule has 0 fully saturated rings. The normalized spacial score (nSPS) is 9.45. The van der Waals surface area contributed by atoms with Crippen LogP contribution in [0.5, 0.6) is 0 Å². The van der Waals surface area contributed by atoms with Crippen LogP contribution in [0.15, 0.2) is 18.2 Å². The van der Waals surface area contributed by atoms with Crippen molar-refractivity contribution in [3.8, 4) is 6.07 Å². The van der Waals surface area contributed by atoms with Crippen molar-refractivity contribution in [2.45, 2.75) is 6.92 Å². The fourth-order valence-corrected chi connectivity index (χ4v) is 1.33. The summed E-state index contributed by atoms with van der Waals surface area (Å²) >= 11 is 0. The summed E-state index contributed by atoms with van der Waals surface area (Å²) in [4.78, 5) is 33.9. The number of halogens is 1. The first-order valence-electron chi connectivity index (χ1n) is 5.67. The second kappa shape index (κ2) is 6.99. The Kier molecular flexibility index (Phi) is 5.35. The fourth-order valence-electron chi connectivity index (χ4n) is 1.33. The molecule has 0 radical (unpaired) electrons. The van der Waals surface area contributed by atoms with Gasteiger partial charge in [-0.3, -0.25) is 9.59 Å². The number of hydrogen-bond acceptors (Lipinski definition) is 5. The summed E-state index contributed by atoms with van der Waals surface area (Å²) in [6.07, 6.45) is 0. The van der Waals surface area contributed by atoms with Crippen LogP contribution >= 0.6 is 0 Å². The minimum absolute atomic E-state index is 0.0268. The van der Waals surface area contributed by atoms with E-state index in [1.54, 1.807) is 6.07 Å². The summed E-state index contributed by atoms with van der Waals surface area (Å²) in [6.45, 7) is 0.988. The molecule has 104 valence electrons. The molecule has 0 saturated heterocycles. The van der Waals surface area contributed by atoms with Gasteiger partial charge >= 0.3 is 11.9 Å². The van der Waals surface area contributed by atoms with E-state index in [-0.39, 0.29) is 17.7 Å². The van der Waals surface area contributed by atoms with Crippen LogP contribution in [0.3, 0.4) is 0 Å². The Hall–Kier alpha value is -2.75. The second-order valence-corrected chi connectivity index (χ2v) is 3.63. The molecule has 0 aliphatic carbocycles. The molecule has 1 aromatic carbocycles. The van der Waals surface area contributed by atoms with E-state index in [4.69, 9.17) is 5.26 Å². The molecule has 0 aliphatic rings. The highest BCUT2D eigenvalue weighted by Gasteiger charge is 2.18. The number of Topliss-reactive ketones (excluding diaryl/α,β-unsaturated/α-hetero) is 1. The van der Waals surface area contributed by atoms with Crippen LogP contribution in [0.1, 0.15) is 22.8 Å². The third-order valence-electron chi connectivity index (χ3n) is 2.27. The summed E-state index contributed by atoms with van der Waals surface area (Å²) in [5.74, 6) is -3.76. The van der Waals surface area contributed by atoms with Crippen LogP contribution in [0.4, 0.5) is 4.39 Å². The van der Waals surface area contributed by atoms with E-state index in [1.807, 2.05) is 5.32 Å². The topological polar surface area (TPSA) is 96.3 Å². The zero-order valence-electron chi connectivity index (χ0n) is 10.6. The molecule has 0 heterocycles. The zero-order chi connectivity index (χ0) is 15.1. The average Bonchev–Trinajstić information content (AvgIpc) is 2.45. The molecule has 0 aliphatic heterocycles. The number of hydrogen-bond donors (Lipinski definition) is 1. The third-order valence-corrected chi connectivity index (χ3v) is 2.27. The maximum Gasteiger partial charge on any atom is 0.396 e. The highest BCUT2D eigenvalue weighted by atomic mass is 19.1.